The summed E-state index contributed by atoms with van der Waals surface area (Å²) in [5.41, 5.74) is -0.00904. The van der Waals surface area contributed by atoms with Gasteiger partial charge >= 0.3 is 5.69 Å². The molecule has 0 radical (unpaired) electrons. The minimum absolute atomic E-state index is 0.00904. The lowest BCUT2D eigenvalue weighted by Gasteiger charge is -2.36. The molecule has 11 heteroatoms. The zero-order valence-corrected chi connectivity index (χ0v) is 20.9. The van der Waals surface area contributed by atoms with Crippen molar-refractivity contribution >= 4 is 34.9 Å². The third-order valence-electron chi connectivity index (χ3n) is 5.61. The molecule has 0 bridgehead atoms. The molecular weight excluding hydrogens is 466 g/mol. The van der Waals surface area contributed by atoms with Crippen LogP contribution in [0.3, 0.4) is 0 Å². The third-order valence-corrected chi connectivity index (χ3v) is 6.59. The van der Waals surface area contributed by atoms with Crippen LogP contribution in [0.25, 0.3) is 0 Å². The first-order chi connectivity index (χ1) is 17.0. The van der Waals surface area contributed by atoms with E-state index in [2.05, 4.69) is 30.0 Å². The monoisotopic (exact) mass is 497 g/mol. The second-order valence-electron chi connectivity index (χ2n) is 8.54. The van der Waals surface area contributed by atoms with E-state index < -0.39 is 0 Å². The SMILES string of the molecule is CN(C)Cc1ccc(CSCCNc2nc(N3CCN(c4ccccn4)CC3)ccc2[N+](=O)[O-])o1. The molecule has 0 atom stereocenters. The molecule has 10 nitrogen and oxygen atoms in total. The van der Waals surface area contributed by atoms with Crippen LogP contribution >= 0.6 is 11.8 Å². The number of hydrogen-bond donors (Lipinski definition) is 1. The van der Waals surface area contributed by atoms with Gasteiger partial charge in [-0.15, -0.1) is 0 Å². The Kier molecular flexibility index (Phi) is 8.43. The molecule has 0 aromatic carbocycles. The summed E-state index contributed by atoms with van der Waals surface area (Å²) >= 11 is 1.71. The summed E-state index contributed by atoms with van der Waals surface area (Å²) < 4.78 is 5.83. The van der Waals surface area contributed by atoms with E-state index in [0.29, 0.717) is 12.4 Å². The largest absolute Gasteiger partial charge is 0.464 e. The van der Waals surface area contributed by atoms with Crippen LogP contribution in [-0.4, -0.2) is 72.4 Å². The summed E-state index contributed by atoms with van der Waals surface area (Å²) in [5.74, 6) is 5.43. The number of nitrogens with zero attached hydrogens (tertiary/aromatic N) is 6. The highest BCUT2D eigenvalue weighted by Crippen LogP contribution is 2.27. The fourth-order valence-electron chi connectivity index (χ4n) is 3.91. The van der Waals surface area contributed by atoms with Gasteiger partial charge in [0.25, 0.3) is 0 Å². The van der Waals surface area contributed by atoms with Gasteiger partial charge in [0.1, 0.15) is 23.2 Å². The molecule has 0 unspecified atom stereocenters. The summed E-state index contributed by atoms with van der Waals surface area (Å²) in [7, 11) is 4.01. The van der Waals surface area contributed by atoms with Crippen molar-refractivity contribution in [1.82, 2.24) is 14.9 Å². The second kappa shape index (κ2) is 11.9. The van der Waals surface area contributed by atoms with Gasteiger partial charge in [0, 0.05) is 50.7 Å². The maximum absolute atomic E-state index is 11.5. The fraction of sp³-hybridized carbons (Fsp3) is 0.417. The van der Waals surface area contributed by atoms with Crippen molar-refractivity contribution in [1.29, 1.82) is 0 Å². The molecule has 0 amide bonds. The Labute approximate surface area is 209 Å². The predicted octanol–water partition coefficient (Wildman–Crippen LogP) is 3.71. The highest BCUT2D eigenvalue weighted by molar-refractivity contribution is 7.98. The summed E-state index contributed by atoms with van der Waals surface area (Å²) in [4.78, 5) is 26.6. The summed E-state index contributed by atoms with van der Waals surface area (Å²) in [6.07, 6.45) is 1.80. The summed E-state index contributed by atoms with van der Waals surface area (Å²) in [6, 6.07) is 13.2. The van der Waals surface area contributed by atoms with Gasteiger partial charge in [-0.05, 0) is 44.4 Å². The van der Waals surface area contributed by atoms with E-state index in [1.165, 1.54) is 6.07 Å². The first kappa shape index (κ1) is 24.8. The van der Waals surface area contributed by atoms with Gasteiger partial charge in [-0.3, -0.25) is 10.1 Å². The van der Waals surface area contributed by atoms with Gasteiger partial charge in [-0.1, -0.05) is 6.07 Å². The zero-order chi connectivity index (χ0) is 24.6. The Balaban J connectivity index is 1.29. The topological polar surface area (TPSA) is 104 Å². The summed E-state index contributed by atoms with van der Waals surface area (Å²) in [5, 5.41) is 14.7. The van der Waals surface area contributed by atoms with Crippen LogP contribution < -0.4 is 15.1 Å². The number of thioether (sulfide) groups is 1. The maximum atomic E-state index is 11.5. The van der Waals surface area contributed by atoms with Crippen LogP contribution in [0.4, 0.5) is 23.1 Å². The third kappa shape index (κ3) is 6.86. The molecule has 1 fully saturated rings. The first-order valence-electron chi connectivity index (χ1n) is 11.6. The number of furan rings is 1. The standard InChI is InChI=1S/C24H31N7O3S/c1-28(2)17-19-6-7-20(34-19)18-35-16-11-26-24-21(31(32)33)8-9-23(27-24)30-14-12-29(13-15-30)22-5-3-4-10-25-22/h3-10H,11-18H2,1-2H3,(H,26,27). The normalized spacial score (nSPS) is 13.9. The van der Waals surface area contributed by atoms with Gasteiger partial charge in [0.05, 0.1) is 17.2 Å². The van der Waals surface area contributed by atoms with E-state index in [1.54, 1.807) is 24.0 Å². The number of pyridine rings is 2. The number of nitro groups is 1. The lowest BCUT2D eigenvalue weighted by atomic mass is 10.3. The quantitative estimate of drug-likeness (QED) is 0.239. The van der Waals surface area contributed by atoms with Gasteiger partial charge in [0.2, 0.25) is 5.82 Å². The van der Waals surface area contributed by atoms with Crippen LogP contribution in [0.2, 0.25) is 0 Å². The van der Waals surface area contributed by atoms with Crippen molar-refractivity contribution in [3.63, 3.8) is 0 Å². The van der Waals surface area contributed by atoms with Crippen molar-refractivity contribution in [2.75, 3.05) is 67.7 Å². The van der Waals surface area contributed by atoms with E-state index >= 15 is 0 Å². The first-order valence-corrected chi connectivity index (χ1v) is 12.8. The number of rotatable bonds is 11. The Morgan fingerprint density at radius 3 is 2.49 bits per heavy atom. The Morgan fingerprint density at radius 2 is 1.80 bits per heavy atom. The predicted molar refractivity (Wildman–Crippen MR) is 140 cm³/mol. The molecule has 0 aliphatic carbocycles. The molecule has 0 saturated carbocycles. The van der Waals surface area contributed by atoms with Gasteiger partial charge < -0.3 is 24.4 Å². The van der Waals surface area contributed by atoms with E-state index in [4.69, 9.17) is 4.42 Å². The average Bonchev–Trinajstić information content (AvgIpc) is 3.30. The van der Waals surface area contributed by atoms with E-state index in [-0.39, 0.29) is 10.6 Å². The smallest absolute Gasteiger partial charge is 0.311 e. The number of anilines is 3. The molecule has 0 spiro atoms. The molecule has 4 heterocycles. The molecule has 1 aliphatic rings. The Morgan fingerprint density at radius 1 is 1.06 bits per heavy atom. The lowest BCUT2D eigenvalue weighted by Crippen LogP contribution is -2.47. The summed E-state index contributed by atoms with van der Waals surface area (Å²) in [6.45, 7) is 4.53. The minimum atomic E-state index is -0.388. The number of nitrogens with one attached hydrogen (secondary N) is 1. The average molecular weight is 498 g/mol. The molecule has 3 aromatic heterocycles. The van der Waals surface area contributed by atoms with E-state index in [1.807, 2.05) is 44.4 Å². The number of aromatic nitrogens is 2. The van der Waals surface area contributed by atoms with Crippen LogP contribution in [0.1, 0.15) is 11.5 Å². The molecule has 1 saturated heterocycles. The van der Waals surface area contributed by atoms with Gasteiger partial charge in [-0.25, -0.2) is 9.97 Å². The molecule has 1 aliphatic heterocycles. The molecule has 35 heavy (non-hydrogen) atoms. The fourth-order valence-corrected chi connectivity index (χ4v) is 4.66. The van der Waals surface area contributed by atoms with Crippen LogP contribution in [-0.2, 0) is 12.3 Å². The highest BCUT2D eigenvalue weighted by Gasteiger charge is 2.22. The Bertz CT molecular complexity index is 1100. The molecule has 4 rings (SSSR count). The van der Waals surface area contributed by atoms with Gasteiger partial charge in [0.15, 0.2) is 0 Å². The van der Waals surface area contributed by atoms with Crippen molar-refractivity contribution in [3.8, 4) is 0 Å². The number of piperazine rings is 1. The molecule has 186 valence electrons. The van der Waals surface area contributed by atoms with Crippen molar-refractivity contribution in [3.05, 3.63) is 70.3 Å². The van der Waals surface area contributed by atoms with E-state index in [0.717, 1.165) is 67.4 Å². The molecule has 3 aromatic rings. The zero-order valence-electron chi connectivity index (χ0n) is 20.1. The second-order valence-corrected chi connectivity index (χ2v) is 9.65. The van der Waals surface area contributed by atoms with Crippen LogP contribution in [0, 0.1) is 10.1 Å². The number of hydrogen-bond acceptors (Lipinski definition) is 10. The highest BCUT2D eigenvalue weighted by atomic mass is 32.2. The maximum Gasteiger partial charge on any atom is 0.311 e. The van der Waals surface area contributed by atoms with Crippen molar-refractivity contribution < 1.29 is 9.34 Å². The molecule has 1 N–H and O–H groups in total. The van der Waals surface area contributed by atoms with Crippen LogP contribution in [0.5, 0.6) is 0 Å². The minimum Gasteiger partial charge on any atom is -0.464 e. The molecular formula is C24H31N7O3S. The van der Waals surface area contributed by atoms with E-state index in [9.17, 15) is 10.1 Å². The van der Waals surface area contributed by atoms with Crippen LogP contribution in [0.15, 0.2) is 53.1 Å². The van der Waals surface area contributed by atoms with Gasteiger partial charge in [-0.2, -0.15) is 11.8 Å². The van der Waals surface area contributed by atoms with Crippen molar-refractivity contribution in [2.45, 2.75) is 12.3 Å². The lowest BCUT2D eigenvalue weighted by molar-refractivity contribution is -0.384. The van der Waals surface area contributed by atoms with Crippen molar-refractivity contribution in [2.24, 2.45) is 0 Å². The Hall–Kier alpha value is -3.31.